The van der Waals surface area contributed by atoms with E-state index in [4.69, 9.17) is 0 Å². The second kappa shape index (κ2) is 8.44. The van der Waals surface area contributed by atoms with Crippen LogP contribution in [-0.4, -0.2) is 47.8 Å². The summed E-state index contributed by atoms with van der Waals surface area (Å²) in [4.78, 5) is 10.9. The molecule has 1 heterocycles. The van der Waals surface area contributed by atoms with Crippen molar-refractivity contribution in [2.75, 3.05) is 32.9 Å². The molecule has 1 aromatic rings. The highest BCUT2D eigenvalue weighted by Crippen LogP contribution is 2.11. The Hall–Kier alpha value is -0.650. The van der Waals surface area contributed by atoms with Crippen LogP contribution in [-0.2, 0) is 6.54 Å². The molecule has 0 unspecified atom stereocenters. The fourth-order valence-electron chi connectivity index (χ4n) is 1.24. The van der Waals surface area contributed by atoms with Gasteiger partial charge >= 0.3 is 0 Å². The summed E-state index contributed by atoms with van der Waals surface area (Å²) >= 11 is 1.70. The van der Waals surface area contributed by atoms with Gasteiger partial charge in [-0.1, -0.05) is 18.7 Å². The molecule has 0 spiro atoms. The standard InChI is InChI=1S/C12H22N4S/c1-4-5-13-8-11-9-14-12(15-10-11)17-7-6-16(2)3/h9-10,13H,4-8H2,1-3H3. The zero-order chi connectivity index (χ0) is 12.5. The Morgan fingerprint density at radius 2 is 2.00 bits per heavy atom. The molecule has 1 rings (SSSR count). The second-order valence-electron chi connectivity index (χ2n) is 4.20. The van der Waals surface area contributed by atoms with Crippen molar-refractivity contribution in [3.8, 4) is 0 Å². The first kappa shape index (κ1) is 14.4. The summed E-state index contributed by atoms with van der Waals surface area (Å²) in [6, 6.07) is 0. The molecule has 0 radical (unpaired) electrons. The molecule has 96 valence electrons. The third-order valence-corrected chi connectivity index (χ3v) is 3.06. The monoisotopic (exact) mass is 254 g/mol. The maximum Gasteiger partial charge on any atom is 0.187 e. The van der Waals surface area contributed by atoms with Crippen molar-refractivity contribution in [3.05, 3.63) is 18.0 Å². The van der Waals surface area contributed by atoms with Crippen LogP contribution in [0.25, 0.3) is 0 Å². The molecule has 0 bridgehead atoms. The average Bonchev–Trinajstić information content (AvgIpc) is 2.31. The van der Waals surface area contributed by atoms with Crippen molar-refractivity contribution < 1.29 is 0 Å². The number of hydrogen-bond acceptors (Lipinski definition) is 5. The van der Waals surface area contributed by atoms with Gasteiger partial charge in [0.1, 0.15) is 0 Å². The Morgan fingerprint density at radius 1 is 1.29 bits per heavy atom. The average molecular weight is 254 g/mol. The summed E-state index contributed by atoms with van der Waals surface area (Å²) in [6.45, 7) is 5.11. The zero-order valence-electron chi connectivity index (χ0n) is 10.9. The molecule has 1 N–H and O–H groups in total. The molecule has 0 saturated carbocycles. The van der Waals surface area contributed by atoms with Gasteiger partial charge in [0.2, 0.25) is 0 Å². The highest BCUT2D eigenvalue weighted by Gasteiger charge is 1.99. The van der Waals surface area contributed by atoms with Crippen LogP contribution in [0.4, 0.5) is 0 Å². The highest BCUT2D eigenvalue weighted by atomic mass is 32.2. The minimum Gasteiger partial charge on any atom is -0.313 e. The molecule has 0 amide bonds. The van der Waals surface area contributed by atoms with Crippen molar-refractivity contribution in [2.24, 2.45) is 0 Å². The van der Waals surface area contributed by atoms with E-state index < -0.39 is 0 Å². The number of nitrogens with one attached hydrogen (secondary N) is 1. The molecule has 4 nitrogen and oxygen atoms in total. The van der Waals surface area contributed by atoms with E-state index in [1.165, 1.54) is 0 Å². The molecule has 0 atom stereocenters. The van der Waals surface area contributed by atoms with E-state index in [-0.39, 0.29) is 0 Å². The molecule has 0 aliphatic heterocycles. The van der Waals surface area contributed by atoms with E-state index in [2.05, 4.69) is 41.2 Å². The minimum absolute atomic E-state index is 0.858. The molecule has 0 aromatic carbocycles. The first-order valence-electron chi connectivity index (χ1n) is 6.01. The molecular formula is C12H22N4S. The van der Waals surface area contributed by atoms with Crippen molar-refractivity contribution in [1.82, 2.24) is 20.2 Å². The number of hydrogen-bond donors (Lipinski definition) is 1. The molecule has 0 saturated heterocycles. The Labute approximate surface area is 108 Å². The fraction of sp³-hybridized carbons (Fsp3) is 0.667. The van der Waals surface area contributed by atoms with Crippen LogP contribution < -0.4 is 5.32 Å². The van der Waals surface area contributed by atoms with Crippen LogP contribution in [0.3, 0.4) is 0 Å². The van der Waals surface area contributed by atoms with Crippen molar-refractivity contribution >= 4 is 11.8 Å². The summed E-state index contributed by atoms with van der Waals surface area (Å²) in [6.07, 6.45) is 4.97. The maximum atomic E-state index is 4.35. The van der Waals surface area contributed by atoms with Gasteiger partial charge in [-0.3, -0.25) is 0 Å². The van der Waals surface area contributed by atoms with Gasteiger partial charge in [0.15, 0.2) is 5.16 Å². The predicted molar refractivity (Wildman–Crippen MR) is 73.3 cm³/mol. The molecule has 0 aliphatic carbocycles. The minimum atomic E-state index is 0.858. The summed E-state index contributed by atoms with van der Waals surface area (Å²) in [7, 11) is 4.15. The second-order valence-corrected chi connectivity index (χ2v) is 5.26. The lowest BCUT2D eigenvalue weighted by molar-refractivity contribution is 0.437. The van der Waals surface area contributed by atoms with Gasteiger partial charge in [0, 0.05) is 36.8 Å². The van der Waals surface area contributed by atoms with Gasteiger partial charge in [-0.2, -0.15) is 0 Å². The zero-order valence-corrected chi connectivity index (χ0v) is 11.8. The Morgan fingerprint density at radius 3 is 2.59 bits per heavy atom. The molecule has 1 aromatic heterocycles. The molecule has 0 fully saturated rings. The number of thioether (sulfide) groups is 1. The van der Waals surface area contributed by atoms with Gasteiger partial charge in [-0.05, 0) is 27.1 Å². The number of rotatable bonds is 8. The van der Waals surface area contributed by atoms with E-state index in [9.17, 15) is 0 Å². The van der Waals surface area contributed by atoms with Crippen LogP contribution in [0.5, 0.6) is 0 Å². The van der Waals surface area contributed by atoms with E-state index in [0.717, 1.165) is 42.5 Å². The normalized spacial score (nSPS) is 11.1. The lowest BCUT2D eigenvalue weighted by atomic mass is 10.3. The molecule has 17 heavy (non-hydrogen) atoms. The van der Waals surface area contributed by atoms with Gasteiger partial charge in [0.25, 0.3) is 0 Å². The lowest BCUT2D eigenvalue weighted by Gasteiger charge is -2.08. The summed E-state index contributed by atoms with van der Waals surface area (Å²) in [5, 5.41) is 4.20. The third kappa shape index (κ3) is 6.61. The maximum absolute atomic E-state index is 4.35. The quantitative estimate of drug-likeness (QED) is 0.434. The van der Waals surface area contributed by atoms with Gasteiger partial charge < -0.3 is 10.2 Å². The van der Waals surface area contributed by atoms with Crippen LogP contribution in [0.2, 0.25) is 0 Å². The van der Waals surface area contributed by atoms with Crippen molar-refractivity contribution in [2.45, 2.75) is 25.0 Å². The first-order chi connectivity index (χ1) is 8.22. The molecular weight excluding hydrogens is 232 g/mol. The van der Waals surface area contributed by atoms with E-state index >= 15 is 0 Å². The third-order valence-electron chi connectivity index (χ3n) is 2.21. The molecule has 5 heteroatoms. The number of aromatic nitrogens is 2. The van der Waals surface area contributed by atoms with Crippen LogP contribution >= 0.6 is 11.8 Å². The van der Waals surface area contributed by atoms with Crippen LogP contribution in [0.15, 0.2) is 17.6 Å². The Bertz CT molecular complexity index is 300. The summed E-state index contributed by atoms with van der Waals surface area (Å²) in [5.74, 6) is 1.03. The van der Waals surface area contributed by atoms with Gasteiger partial charge in [-0.15, -0.1) is 0 Å². The Kier molecular flexibility index (Phi) is 7.16. The SMILES string of the molecule is CCCNCc1cnc(SCCN(C)C)nc1. The predicted octanol–water partition coefficient (Wildman–Crippen LogP) is 1.63. The van der Waals surface area contributed by atoms with Crippen molar-refractivity contribution in [3.63, 3.8) is 0 Å². The van der Waals surface area contributed by atoms with Gasteiger partial charge in [-0.25, -0.2) is 9.97 Å². The van der Waals surface area contributed by atoms with Gasteiger partial charge in [0.05, 0.1) is 0 Å². The number of nitrogens with zero attached hydrogens (tertiary/aromatic N) is 3. The topological polar surface area (TPSA) is 41.1 Å². The lowest BCUT2D eigenvalue weighted by Crippen LogP contribution is -2.15. The largest absolute Gasteiger partial charge is 0.313 e. The first-order valence-corrected chi connectivity index (χ1v) is 7.00. The molecule has 0 aliphatic rings. The summed E-state index contributed by atoms with van der Waals surface area (Å²) < 4.78 is 0. The van der Waals surface area contributed by atoms with E-state index in [1.807, 2.05) is 12.4 Å². The van der Waals surface area contributed by atoms with Crippen LogP contribution in [0, 0.1) is 0 Å². The van der Waals surface area contributed by atoms with Crippen molar-refractivity contribution in [1.29, 1.82) is 0 Å². The smallest absolute Gasteiger partial charge is 0.187 e. The van der Waals surface area contributed by atoms with E-state index in [0.29, 0.717) is 0 Å². The summed E-state index contributed by atoms with van der Waals surface area (Å²) in [5.41, 5.74) is 1.15. The fourth-order valence-corrected chi connectivity index (χ4v) is 2.13. The highest BCUT2D eigenvalue weighted by molar-refractivity contribution is 7.99. The van der Waals surface area contributed by atoms with Crippen LogP contribution in [0.1, 0.15) is 18.9 Å². The van der Waals surface area contributed by atoms with E-state index in [1.54, 1.807) is 11.8 Å². The Balaban J connectivity index is 2.29.